The standard InChI is InChI=1S/C15H31N3/c1-7-18(13(2)17(5)6)15-10-8-14(9-11-15)12-16(3)4/h14-15H,2,7-12H2,1,3-6H3. The topological polar surface area (TPSA) is 9.72 Å². The van der Waals surface area contributed by atoms with Gasteiger partial charge in [0.1, 0.15) is 0 Å². The van der Waals surface area contributed by atoms with E-state index >= 15 is 0 Å². The van der Waals surface area contributed by atoms with Gasteiger partial charge in [-0.05, 0) is 52.6 Å². The highest BCUT2D eigenvalue weighted by atomic mass is 15.3. The van der Waals surface area contributed by atoms with Gasteiger partial charge in [-0.1, -0.05) is 6.58 Å². The zero-order valence-electron chi connectivity index (χ0n) is 12.9. The average molecular weight is 253 g/mol. The fourth-order valence-corrected chi connectivity index (χ4v) is 3.06. The van der Waals surface area contributed by atoms with Crippen LogP contribution in [0.1, 0.15) is 32.6 Å². The second-order valence-electron chi connectivity index (χ2n) is 6.03. The molecule has 0 N–H and O–H groups in total. The third-order valence-corrected chi connectivity index (χ3v) is 4.07. The summed E-state index contributed by atoms with van der Waals surface area (Å²) >= 11 is 0. The van der Waals surface area contributed by atoms with E-state index < -0.39 is 0 Å². The van der Waals surface area contributed by atoms with Gasteiger partial charge >= 0.3 is 0 Å². The fourth-order valence-electron chi connectivity index (χ4n) is 3.06. The van der Waals surface area contributed by atoms with E-state index in [1.54, 1.807) is 0 Å². The number of nitrogens with zero attached hydrogens (tertiary/aromatic N) is 3. The van der Waals surface area contributed by atoms with Crippen LogP contribution in [0.3, 0.4) is 0 Å². The maximum Gasteiger partial charge on any atom is 0.0962 e. The average Bonchev–Trinajstić information content (AvgIpc) is 2.31. The van der Waals surface area contributed by atoms with E-state index in [2.05, 4.69) is 56.4 Å². The molecule has 0 amide bonds. The number of hydrogen-bond donors (Lipinski definition) is 0. The largest absolute Gasteiger partial charge is 0.365 e. The zero-order chi connectivity index (χ0) is 13.7. The van der Waals surface area contributed by atoms with Gasteiger partial charge < -0.3 is 14.7 Å². The lowest BCUT2D eigenvalue weighted by atomic mass is 9.85. The highest BCUT2D eigenvalue weighted by molar-refractivity contribution is 4.95. The van der Waals surface area contributed by atoms with Crippen molar-refractivity contribution < 1.29 is 0 Å². The molecule has 3 heteroatoms. The fraction of sp³-hybridized carbons (Fsp3) is 0.867. The minimum absolute atomic E-state index is 0.698. The van der Waals surface area contributed by atoms with Crippen LogP contribution in [0.5, 0.6) is 0 Å². The van der Waals surface area contributed by atoms with Gasteiger partial charge in [0.25, 0.3) is 0 Å². The van der Waals surface area contributed by atoms with Gasteiger partial charge in [0.05, 0.1) is 5.82 Å². The molecular formula is C15H31N3. The van der Waals surface area contributed by atoms with Crippen LogP contribution in [0.4, 0.5) is 0 Å². The maximum atomic E-state index is 4.21. The molecule has 0 aromatic rings. The lowest BCUT2D eigenvalue weighted by Crippen LogP contribution is -2.41. The van der Waals surface area contributed by atoms with Crippen molar-refractivity contribution in [1.82, 2.24) is 14.7 Å². The molecule has 1 saturated carbocycles. The Morgan fingerprint density at radius 1 is 1.06 bits per heavy atom. The van der Waals surface area contributed by atoms with Crippen molar-refractivity contribution in [2.75, 3.05) is 41.3 Å². The summed E-state index contributed by atoms with van der Waals surface area (Å²) in [6, 6.07) is 0.698. The van der Waals surface area contributed by atoms with Gasteiger partial charge in [-0.3, -0.25) is 0 Å². The molecular weight excluding hydrogens is 222 g/mol. The quantitative estimate of drug-likeness (QED) is 0.720. The molecule has 0 aromatic carbocycles. The first-order valence-electron chi connectivity index (χ1n) is 7.23. The Hall–Kier alpha value is -0.700. The normalized spacial score (nSPS) is 24.1. The molecule has 1 aliphatic carbocycles. The van der Waals surface area contributed by atoms with E-state index in [1.807, 2.05) is 0 Å². The molecule has 1 aliphatic rings. The van der Waals surface area contributed by atoms with Crippen molar-refractivity contribution in [3.63, 3.8) is 0 Å². The van der Waals surface area contributed by atoms with Gasteiger partial charge in [0.2, 0.25) is 0 Å². The highest BCUT2D eigenvalue weighted by Gasteiger charge is 2.26. The van der Waals surface area contributed by atoms with Crippen molar-refractivity contribution in [2.24, 2.45) is 5.92 Å². The summed E-state index contributed by atoms with van der Waals surface area (Å²) in [5.74, 6) is 2.05. The van der Waals surface area contributed by atoms with E-state index in [0.717, 1.165) is 18.3 Å². The Morgan fingerprint density at radius 2 is 1.61 bits per heavy atom. The molecule has 0 spiro atoms. The van der Waals surface area contributed by atoms with Crippen LogP contribution < -0.4 is 0 Å². The third-order valence-electron chi connectivity index (χ3n) is 4.07. The van der Waals surface area contributed by atoms with Crippen LogP contribution >= 0.6 is 0 Å². The molecule has 3 nitrogen and oxygen atoms in total. The summed E-state index contributed by atoms with van der Waals surface area (Å²) in [5.41, 5.74) is 0. The first kappa shape index (κ1) is 15.4. The van der Waals surface area contributed by atoms with Gasteiger partial charge in [0, 0.05) is 33.2 Å². The highest BCUT2D eigenvalue weighted by Crippen LogP contribution is 2.29. The summed E-state index contributed by atoms with van der Waals surface area (Å²) in [4.78, 5) is 6.93. The van der Waals surface area contributed by atoms with E-state index in [-0.39, 0.29) is 0 Å². The summed E-state index contributed by atoms with van der Waals surface area (Å²) in [7, 11) is 8.53. The molecule has 1 fully saturated rings. The number of hydrogen-bond acceptors (Lipinski definition) is 3. The van der Waals surface area contributed by atoms with Crippen LogP contribution in [-0.4, -0.2) is 62.0 Å². The lowest BCUT2D eigenvalue weighted by Gasteiger charge is -2.41. The van der Waals surface area contributed by atoms with Crippen LogP contribution in [0.15, 0.2) is 12.4 Å². The molecule has 18 heavy (non-hydrogen) atoms. The molecule has 0 unspecified atom stereocenters. The van der Waals surface area contributed by atoms with Crippen molar-refractivity contribution in [1.29, 1.82) is 0 Å². The summed E-state index contributed by atoms with van der Waals surface area (Å²) in [5, 5.41) is 0. The van der Waals surface area contributed by atoms with Gasteiger partial charge in [-0.2, -0.15) is 0 Å². The Morgan fingerprint density at radius 3 is 2.00 bits per heavy atom. The Balaban J connectivity index is 2.47. The minimum Gasteiger partial charge on any atom is -0.365 e. The summed E-state index contributed by atoms with van der Waals surface area (Å²) < 4.78 is 0. The Bertz CT molecular complexity index is 252. The minimum atomic E-state index is 0.698. The lowest BCUT2D eigenvalue weighted by molar-refractivity contribution is 0.136. The second kappa shape index (κ2) is 7.03. The van der Waals surface area contributed by atoms with Gasteiger partial charge in [0.15, 0.2) is 0 Å². The van der Waals surface area contributed by atoms with Crippen LogP contribution in [-0.2, 0) is 0 Å². The molecule has 0 atom stereocenters. The number of rotatable bonds is 6. The van der Waals surface area contributed by atoms with Crippen molar-refractivity contribution >= 4 is 0 Å². The molecule has 106 valence electrons. The van der Waals surface area contributed by atoms with E-state index in [4.69, 9.17) is 0 Å². The predicted molar refractivity (Wildman–Crippen MR) is 79.5 cm³/mol. The second-order valence-corrected chi connectivity index (χ2v) is 6.03. The predicted octanol–water partition coefficient (Wildman–Crippen LogP) is 2.46. The smallest absolute Gasteiger partial charge is 0.0962 e. The Labute approximate surface area is 113 Å². The van der Waals surface area contributed by atoms with Gasteiger partial charge in [-0.15, -0.1) is 0 Å². The van der Waals surface area contributed by atoms with Crippen LogP contribution in [0.2, 0.25) is 0 Å². The Kier molecular flexibility index (Phi) is 6.00. The zero-order valence-corrected chi connectivity index (χ0v) is 12.9. The third kappa shape index (κ3) is 4.20. The van der Waals surface area contributed by atoms with Crippen LogP contribution in [0, 0.1) is 5.92 Å². The van der Waals surface area contributed by atoms with Crippen molar-refractivity contribution in [3.8, 4) is 0 Å². The molecule has 0 heterocycles. The van der Waals surface area contributed by atoms with Crippen molar-refractivity contribution in [2.45, 2.75) is 38.6 Å². The van der Waals surface area contributed by atoms with Crippen molar-refractivity contribution in [3.05, 3.63) is 12.4 Å². The first-order valence-corrected chi connectivity index (χ1v) is 7.23. The maximum absolute atomic E-state index is 4.21. The van der Waals surface area contributed by atoms with Gasteiger partial charge in [-0.25, -0.2) is 0 Å². The monoisotopic (exact) mass is 253 g/mol. The van der Waals surface area contributed by atoms with E-state index in [0.29, 0.717) is 6.04 Å². The van der Waals surface area contributed by atoms with E-state index in [1.165, 1.54) is 32.2 Å². The SMILES string of the molecule is C=C(N(C)C)N(CC)C1CCC(CN(C)C)CC1. The molecule has 1 rings (SSSR count). The first-order chi connectivity index (χ1) is 8.45. The molecule has 0 aromatic heterocycles. The summed E-state index contributed by atoms with van der Waals surface area (Å²) in [6.45, 7) is 8.76. The molecule has 0 aliphatic heterocycles. The molecule has 0 saturated heterocycles. The molecule has 0 bridgehead atoms. The molecule has 0 radical (unpaired) electrons. The summed E-state index contributed by atoms with van der Waals surface area (Å²) in [6.07, 6.45) is 5.36. The van der Waals surface area contributed by atoms with E-state index in [9.17, 15) is 0 Å². The van der Waals surface area contributed by atoms with Crippen LogP contribution in [0.25, 0.3) is 0 Å².